The topological polar surface area (TPSA) is 81.5 Å². The van der Waals surface area contributed by atoms with Crippen molar-refractivity contribution in [1.82, 2.24) is 9.97 Å². The van der Waals surface area contributed by atoms with E-state index in [1.165, 1.54) is 12.4 Å². The second kappa shape index (κ2) is 9.72. The molecule has 0 radical (unpaired) electrons. The summed E-state index contributed by atoms with van der Waals surface area (Å²) in [5.74, 6) is -0.00700. The van der Waals surface area contributed by atoms with Crippen LogP contribution in [0.25, 0.3) is 22.3 Å². The van der Waals surface area contributed by atoms with Crippen molar-refractivity contribution in [2.45, 2.75) is 37.5 Å². The second-order valence-electron chi connectivity index (χ2n) is 9.71. The summed E-state index contributed by atoms with van der Waals surface area (Å²) in [7, 11) is 0. The van der Waals surface area contributed by atoms with Crippen LogP contribution in [0.15, 0.2) is 73.3 Å². The average molecular weight is 533 g/mol. The summed E-state index contributed by atoms with van der Waals surface area (Å²) in [5, 5.41) is 9.12. The average Bonchev–Trinajstić information content (AvgIpc) is 3.51. The monoisotopic (exact) mass is 532 g/mol. The van der Waals surface area contributed by atoms with E-state index in [0.717, 1.165) is 28.3 Å². The quantitative estimate of drug-likeness (QED) is 0.293. The highest BCUT2D eigenvalue weighted by molar-refractivity contribution is 5.76. The molecular formula is C30H23F3N2O4. The van der Waals surface area contributed by atoms with Gasteiger partial charge in [-0.15, -0.1) is 0 Å². The van der Waals surface area contributed by atoms with Crippen LogP contribution in [0.4, 0.5) is 13.2 Å². The zero-order valence-electron chi connectivity index (χ0n) is 20.6. The number of aromatic nitrogens is 2. The summed E-state index contributed by atoms with van der Waals surface area (Å²) in [5.41, 5.74) is 3.75. The van der Waals surface area contributed by atoms with Crippen LogP contribution in [0.3, 0.4) is 0 Å². The van der Waals surface area contributed by atoms with Gasteiger partial charge in [-0.25, -0.2) is 9.97 Å². The number of carbonyl (C=O) groups is 1. The first kappa shape index (κ1) is 24.9. The van der Waals surface area contributed by atoms with Crippen LogP contribution in [0, 0.1) is 0 Å². The summed E-state index contributed by atoms with van der Waals surface area (Å²) in [6.45, 7) is 0.289. The lowest BCUT2D eigenvalue weighted by molar-refractivity contribution is -0.138. The van der Waals surface area contributed by atoms with Crippen LogP contribution in [0.5, 0.6) is 11.5 Å². The fraction of sp³-hybridized carbons (Fsp3) is 0.233. The van der Waals surface area contributed by atoms with Gasteiger partial charge in [-0.1, -0.05) is 36.4 Å². The first-order valence-corrected chi connectivity index (χ1v) is 12.5. The molecule has 1 aromatic heterocycles. The van der Waals surface area contributed by atoms with Crippen LogP contribution < -0.4 is 9.47 Å². The molecule has 0 bridgehead atoms. The second-order valence-corrected chi connectivity index (χ2v) is 9.71. The molecule has 1 aliphatic heterocycles. The van der Waals surface area contributed by atoms with E-state index in [1.54, 1.807) is 54.9 Å². The molecule has 0 amide bonds. The van der Waals surface area contributed by atoms with Crippen molar-refractivity contribution < 1.29 is 32.5 Å². The number of hydrogen-bond acceptors (Lipinski definition) is 5. The molecule has 6 nitrogen and oxygen atoms in total. The maximum absolute atomic E-state index is 14.1. The Morgan fingerprint density at radius 3 is 2.41 bits per heavy atom. The largest absolute Gasteiger partial charge is 0.492 e. The molecule has 4 aromatic rings. The van der Waals surface area contributed by atoms with Gasteiger partial charge >= 0.3 is 12.1 Å². The van der Waals surface area contributed by atoms with Gasteiger partial charge in [-0.2, -0.15) is 13.2 Å². The normalized spacial score (nSPS) is 17.8. The maximum atomic E-state index is 14.1. The van der Waals surface area contributed by atoms with Gasteiger partial charge in [0.1, 0.15) is 23.9 Å². The molecule has 2 atom stereocenters. The number of ether oxygens (including phenoxy) is 2. The molecule has 3 aromatic carbocycles. The molecule has 0 fully saturated rings. The van der Waals surface area contributed by atoms with E-state index in [4.69, 9.17) is 14.6 Å². The maximum Gasteiger partial charge on any atom is 0.417 e. The summed E-state index contributed by atoms with van der Waals surface area (Å²) in [6, 6.07) is 14.9. The predicted octanol–water partition coefficient (Wildman–Crippen LogP) is 6.85. The molecule has 9 heteroatoms. The van der Waals surface area contributed by atoms with E-state index >= 15 is 0 Å². The predicted molar refractivity (Wildman–Crippen MR) is 137 cm³/mol. The molecule has 1 aliphatic carbocycles. The SMILES string of the molecule is O=C(O)C[C@@H]1COc2cc(OC3CCc4c3ccc(C(F)(F)F)c4-c3ccc(-c4cncnc4)cc3)ccc21. The molecule has 2 heterocycles. The van der Waals surface area contributed by atoms with Gasteiger partial charge in [0.2, 0.25) is 0 Å². The van der Waals surface area contributed by atoms with Crippen molar-refractivity contribution in [3.63, 3.8) is 0 Å². The number of aliphatic carboxylic acids is 1. The van der Waals surface area contributed by atoms with Crippen molar-refractivity contribution in [3.8, 4) is 33.8 Å². The number of carboxylic acids is 1. The Bertz CT molecular complexity index is 1540. The van der Waals surface area contributed by atoms with Gasteiger partial charge in [0, 0.05) is 35.5 Å². The molecule has 39 heavy (non-hydrogen) atoms. The van der Waals surface area contributed by atoms with Crippen molar-refractivity contribution in [2.24, 2.45) is 0 Å². The Morgan fingerprint density at radius 2 is 1.69 bits per heavy atom. The fourth-order valence-electron chi connectivity index (χ4n) is 5.51. The number of nitrogens with zero attached hydrogens (tertiary/aromatic N) is 2. The van der Waals surface area contributed by atoms with Gasteiger partial charge in [0.05, 0.1) is 18.6 Å². The highest BCUT2D eigenvalue weighted by Crippen LogP contribution is 2.47. The molecule has 0 saturated heterocycles. The minimum absolute atomic E-state index is 0.0202. The van der Waals surface area contributed by atoms with Gasteiger partial charge < -0.3 is 14.6 Å². The van der Waals surface area contributed by atoms with E-state index in [-0.39, 0.29) is 24.5 Å². The van der Waals surface area contributed by atoms with Gasteiger partial charge in [-0.05, 0) is 52.8 Å². The van der Waals surface area contributed by atoms with Crippen molar-refractivity contribution in [3.05, 3.63) is 95.6 Å². The number of alkyl halides is 3. The molecule has 0 saturated carbocycles. The fourth-order valence-corrected chi connectivity index (χ4v) is 5.51. The van der Waals surface area contributed by atoms with E-state index in [9.17, 15) is 18.0 Å². The molecule has 2 aliphatic rings. The van der Waals surface area contributed by atoms with Crippen LogP contribution in [-0.4, -0.2) is 27.7 Å². The number of benzene rings is 3. The van der Waals surface area contributed by atoms with Gasteiger partial charge in [-0.3, -0.25) is 4.79 Å². The van der Waals surface area contributed by atoms with Crippen molar-refractivity contribution >= 4 is 5.97 Å². The lowest BCUT2D eigenvalue weighted by Crippen LogP contribution is -2.10. The first-order chi connectivity index (χ1) is 18.8. The smallest absolute Gasteiger partial charge is 0.417 e. The summed E-state index contributed by atoms with van der Waals surface area (Å²) < 4.78 is 54.3. The van der Waals surface area contributed by atoms with E-state index in [2.05, 4.69) is 9.97 Å². The Labute approximate surface area is 222 Å². The van der Waals surface area contributed by atoms with Crippen molar-refractivity contribution in [2.75, 3.05) is 6.61 Å². The van der Waals surface area contributed by atoms with E-state index in [1.807, 2.05) is 0 Å². The molecule has 198 valence electrons. The highest BCUT2D eigenvalue weighted by atomic mass is 19.4. The zero-order chi connectivity index (χ0) is 27.1. The number of fused-ring (bicyclic) bond motifs is 2. The Balaban J connectivity index is 1.32. The first-order valence-electron chi connectivity index (χ1n) is 12.5. The van der Waals surface area contributed by atoms with E-state index in [0.29, 0.717) is 35.5 Å². The number of hydrogen-bond donors (Lipinski definition) is 1. The number of rotatable bonds is 6. The zero-order valence-corrected chi connectivity index (χ0v) is 20.6. The van der Waals surface area contributed by atoms with Crippen LogP contribution in [-0.2, 0) is 17.4 Å². The minimum atomic E-state index is -4.51. The molecule has 6 rings (SSSR count). The highest BCUT2D eigenvalue weighted by Gasteiger charge is 2.38. The third-order valence-corrected chi connectivity index (χ3v) is 7.29. The molecule has 1 N–H and O–H groups in total. The number of halogens is 3. The Kier molecular flexibility index (Phi) is 6.21. The standard InChI is InChI=1S/C30H23F3N2O4/c31-30(32,33)25-9-7-23-24(29(25)18-3-1-17(2-4-18)20-13-34-16-35-14-20)8-10-26(23)39-21-5-6-22-19(11-28(36)37)15-38-27(22)12-21/h1-7,9,12-14,16,19,26H,8,10-11,15H2,(H,36,37)/t19-,26?/m1/s1. The lowest BCUT2D eigenvalue weighted by Gasteiger charge is -2.20. The molecular weight excluding hydrogens is 509 g/mol. The van der Waals surface area contributed by atoms with Gasteiger partial charge in [0.25, 0.3) is 0 Å². The number of carboxylic acid groups (broad SMARTS) is 1. The van der Waals surface area contributed by atoms with E-state index < -0.39 is 23.8 Å². The van der Waals surface area contributed by atoms with Crippen LogP contribution >= 0.6 is 0 Å². The third kappa shape index (κ3) is 4.80. The summed E-state index contributed by atoms with van der Waals surface area (Å²) in [4.78, 5) is 19.1. The summed E-state index contributed by atoms with van der Waals surface area (Å²) in [6.07, 6.45) is 0.746. The lowest BCUT2D eigenvalue weighted by atomic mass is 9.90. The summed E-state index contributed by atoms with van der Waals surface area (Å²) >= 11 is 0. The molecule has 1 unspecified atom stereocenters. The minimum Gasteiger partial charge on any atom is -0.492 e. The van der Waals surface area contributed by atoms with Crippen molar-refractivity contribution in [1.29, 1.82) is 0 Å². The van der Waals surface area contributed by atoms with Crippen LogP contribution in [0.2, 0.25) is 0 Å². The third-order valence-electron chi connectivity index (χ3n) is 7.29. The van der Waals surface area contributed by atoms with Crippen LogP contribution in [0.1, 0.15) is 47.1 Å². The Hall–Kier alpha value is -4.40. The molecule has 0 spiro atoms. The van der Waals surface area contributed by atoms with Gasteiger partial charge in [0.15, 0.2) is 0 Å². The Morgan fingerprint density at radius 1 is 0.974 bits per heavy atom.